The summed E-state index contributed by atoms with van der Waals surface area (Å²) >= 11 is 0. The van der Waals surface area contributed by atoms with E-state index in [4.69, 9.17) is 0 Å². The molecular weight excluding hydrogens is 422 g/mol. The Hall–Kier alpha value is -3.88. The van der Waals surface area contributed by atoms with Crippen molar-refractivity contribution in [3.63, 3.8) is 0 Å². The molecule has 5 rings (SSSR count). The van der Waals surface area contributed by atoms with Crippen molar-refractivity contribution in [2.24, 2.45) is 7.05 Å². The number of aromatic nitrogens is 2. The van der Waals surface area contributed by atoms with Crippen molar-refractivity contribution in [2.75, 3.05) is 12.4 Å². The van der Waals surface area contributed by atoms with Gasteiger partial charge in [0.15, 0.2) is 0 Å². The molecule has 0 saturated carbocycles. The largest absolute Gasteiger partial charge is 0.329 e. The minimum Gasteiger partial charge on any atom is -0.325 e. The fraction of sp³-hybridized carbons (Fsp3) is 0.333. The van der Waals surface area contributed by atoms with Crippen molar-refractivity contribution >= 4 is 34.6 Å². The maximum Gasteiger partial charge on any atom is 0.329 e. The Bertz CT molecular complexity index is 1430. The molecule has 4 amide bonds. The Balaban J connectivity index is 1.39. The average Bonchev–Trinajstić information content (AvgIpc) is 3.31. The summed E-state index contributed by atoms with van der Waals surface area (Å²) in [6.07, 6.45) is 0.830. The predicted molar refractivity (Wildman–Crippen MR) is 123 cm³/mol. The predicted octanol–water partition coefficient (Wildman–Crippen LogP) is 1.61. The lowest BCUT2D eigenvalue weighted by Crippen LogP contribution is -2.48. The molecule has 9 heteroatoms. The number of imidazole rings is 1. The van der Waals surface area contributed by atoms with Crippen LogP contribution in [0.15, 0.2) is 35.1 Å². The van der Waals surface area contributed by atoms with Crippen LogP contribution in [0.2, 0.25) is 0 Å². The molecule has 1 spiro atoms. The SMILES string of the molecule is Cc1cc(C)c2c(c1)n(CC(=O)Nc1ccc3c(c1)CC1(C3)C(=O)NC(=O)N1C)c(=O)n2C. The standard InChI is InChI=1S/C24H25N5O4/c1-13-7-14(2)20-18(8-13)29(23(33)27(20)3)12-19(30)25-17-6-5-15-10-24(11-16(15)9-17)21(31)26-22(32)28(24)4/h5-9H,10-12H2,1-4H3,(H,25,30)(H,26,31,32). The molecule has 170 valence electrons. The third kappa shape index (κ3) is 3.06. The Kier molecular flexibility index (Phi) is 4.49. The zero-order valence-electron chi connectivity index (χ0n) is 19.0. The number of amides is 4. The molecule has 0 bridgehead atoms. The average molecular weight is 447 g/mol. The highest BCUT2D eigenvalue weighted by Crippen LogP contribution is 2.38. The minimum absolute atomic E-state index is 0.111. The third-order valence-electron chi connectivity index (χ3n) is 6.92. The van der Waals surface area contributed by atoms with Gasteiger partial charge in [-0.25, -0.2) is 9.59 Å². The molecule has 9 nitrogen and oxygen atoms in total. The molecular formula is C24H25N5O4. The monoisotopic (exact) mass is 447 g/mol. The lowest BCUT2D eigenvalue weighted by molar-refractivity contribution is -0.125. The van der Waals surface area contributed by atoms with E-state index in [0.29, 0.717) is 18.5 Å². The van der Waals surface area contributed by atoms with Gasteiger partial charge in [-0.15, -0.1) is 0 Å². The Morgan fingerprint density at radius 2 is 1.79 bits per heavy atom. The van der Waals surface area contributed by atoms with Crippen LogP contribution in [-0.4, -0.2) is 44.5 Å². The van der Waals surface area contributed by atoms with Crippen LogP contribution in [0.3, 0.4) is 0 Å². The minimum atomic E-state index is -0.909. The molecule has 1 fully saturated rings. The first-order chi connectivity index (χ1) is 15.6. The first-order valence-corrected chi connectivity index (χ1v) is 10.8. The maximum absolute atomic E-state index is 12.9. The first-order valence-electron chi connectivity index (χ1n) is 10.8. The van der Waals surface area contributed by atoms with E-state index in [-0.39, 0.29) is 24.0 Å². The van der Waals surface area contributed by atoms with Crippen LogP contribution in [0.5, 0.6) is 0 Å². The van der Waals surface area contributed by atoms with Crippen LogP contribution in [0.4, 0.5) is 10.5 Å². The van der Waals surface area contributed by atoms with E-state index in [2.05, 4.69) is 10.6 Å². The van der Waals surface area contributed by atoms with Gasteiger partial charge in [-0.2, -0.15) is 0 Å². The van der Waals surface area contributed by atoms with Gasteiger partial charge in [0.2, 0.25) is 5.91 Å². The molecule has 1 unspecified atom stereocenters. The third-order valence-corrected chi connectivity index (χ3v) is 6.92. The number of urea groups is 1. The number of hydrogen-bond acceptors (Lipinski definition) is 4. The molecule has 1 aromatic heterocycles. The number of likely N-dealkylation sites (N-methyl/N-ethyl adjacent to an activating group) is 1. The summed E-state index contributed by atoms with van der Waals surface area (Å²) in [6.45, 7) is 3.80. The van der Waals surface area contributed by atoms with Gasteiger partial charge in [-0.1, -0.05) is 12.1 Å². The van der Waals surface area contributed by atoms with E-state index >= 15 is 0 Å². The van der Waals surface area contributed by atoms with Crippen molar-refractivity contribution in [2.45, 2.75) is 38.8 Å². The number of benzene rings is 2. The molecule has 3 aromatic rings. The molecule has 2 aromatic carbocycles. The van der Waals surface area contributed by atoms with Crippen LogP contribution >= 0.6 is 0 Å². The summed E-state index contributed by atoms with van der Waals surface area (Å²) in [5.41, 5.74) is 4.87. The van der Waals surface area contributed by atoms with Gasteiger partial charge in [0.1, 0.15) is 12.1 Å². The van der Waals surface area contributed by atoms with E-state index in [1.807, 2.05) is 38.1 Å². The van der Waals surface area contributed by atoms with Crippen molar-refractivity contribution in [1.29, 1.82) is 0 Å². The number of carbonyl (C=O) groups is 3. The highest BCUT2D eigenvalue weighted by Gasteiger charge is 2.54. The molecule has 1 saturated heterocycles. The molecule has 0 radical (unpaired) electrons. The van der Waals surface area contributed by atoms with Gasteiger partial charge in [0, 0.05) is 32.6 Å². The van der Waals surface area contributed by atoms with Crippen LogP contribution < -0.4 is 16.3 Å². The van der Waals surface area contributed by atoms with Gasteiger partial charge >= 0.3 is 11.7 Å². The number of nitrogens with one attached hydrogen (secondary N) is 2. The summed E-state index contributed by atoms with van der Waals surface area (Å²) in [4.78, 5) is 51.5. The lowest BCUT2D eigenvalue weighted by Gasteiger charge is -2.27. The Labute approximate surface area is 190 Å². The van der Waals surface area contributed by atoms with Gasteiger partial charge in [0.25, 0.3) is 5.91 Å². The highest BCUT2D eigenvalue weighted by molar-refractivity contribution is 6.07. The molecule has 2 aliphatic rings. The van der Waals surface area contributed by atoms with Gasteiger partial charge in [-0.3, -0.25) is 24.0 Å². The molecule has 2 heterocycles. The van der Waals surface area contributed by atoms with Gasteiger partial charge in [-0.05, 0) is 54.3 Å². The van der Waals surface area contributed by atoms with Crippen LogP contribution in [-0.2, 0) is 36.0 Å². The van der Waals surface area contributed by atoms with Gasteiger partial charge in [0.05, 0.1) is 11.0 Å². The second-order valence-corrected chi connectivity index (χ2v) is 9.11. The van der Waals surface area contributed by atoms with E-state index in [0.717, 1.165) is 33.3 Å². The van der Waals surface area contributed by atoms with Crippen molar-refractivity contribution in [3.8, 4) is 0 Å². The molecule has 1 atom stereocenters. The first kappa shape index (κ1) is 21.0. The molecule has 1 aliphatic heterocycles. The van der Waals surface area contributed by atoms with Gasteiger partial charge < -0.3 is 10.2 Å². The van der Waals surface area contributed by atoms with E-state index in [9.17, 15) is 19.2 Å². The van der Waals surface area contributed by atoms with Crippen LogP contribution in [0.25, 0.3) is 11.0 Å². The quantitative estimate of drug-likeness (QED) is 0.595. The van der Waals surface area contributed by atoms with Crippen LogP contribution in [0.1, 0.15) is 22.3 Å². The number of nitrogens with zero attached hydrogens (tertiary/aromatic N) is 3. The van der Waals surface area contributed by atoms with E-state index in [1.165, 1.54) is 9.47 Å². The maximum atomic E-state index is 12.9. The van der Waals surface area contributed by atoms with Crippen LogP contribution in [0, 0.1) is 13.8 Å². The second kappa shape index (κ2) is 7.06. The summed E-state index contributed by atoms with van der Waals surface area (Å²) in [7, 11) is 3.33. The normalized spacial score (nSPS) is 19.5. The van der Waals surface area contributed by atoms with Crippen molar-refractivity contribution in [1.82, 2.24) is 19.4 Å². The highest BCUT2D eigenvalue weighted by atomic mass is 16.2. The summed E-state index contributed by atoms with van der Waals surface area (Å²) in [6, 6.07) is 9.03. The zero-order chi connectivity index (χ0) is 23.7. The van der Waals surface area contributed by atoms with Crippen molar-refractivity contribution < 1.29 is 14.4 Å². The molecule has 2 N–H and O–H groups in total. The summed E-state index contributed by atoms with van der Waals surface area (Å²) in [5, 5.41) is 5.25. The number of hydrogen-bond donors (Lipinski definition) is 2. The lowest BCUT2D eigenvalue weighted by atomic mass is 9.95. The van der Waals surface area contributed by atoms with Crippen molar-refractivity contribution in [3.05, 3.63) is 63.1 Å². The Morgan fingerprint density at radius 1 is 1.06 bits per heavy atom. The number of anilines is 1. The summed E-state index contributed by atoms with van der Waals surface area (Å²) < 4.78 is 3.05. The number of rotatable bonds is 3. The number of fused-ring (bicyclic) bond motifs is 2. The fourth-order valence-corrected chi connectivity index (χ4v) is 5.23. The second-order valence-electron chi connectivity index (χ2n) is 9.11. The van der Waals surface area contributed by atoms with E-state index in [1.54, 1.807) is 24.7 Å². The number of carbonyl (C=O) groups excluding carboxylic acids is 3. The smallest absolute Gasteiger partial charge is 0.325 e. The fourth-order valence-electron chi connectivity index (χ4n) is 5.23. The molecule has 1 aliphatic carbocycles. The summed E-state index contributed by atoms with van der Waals surface area (Å²) in [5.74, 6) is -0.611. The Morgan fingerprint density at radius 3 is 2.48 bits per heavy atom. The topological polar surface area (TPSA) is 105 Å². The zero-order valence-corrected chi connectivity index (χ0v) is 19.0. The number of imide groups is 1. The van der Waals surface area contributed by atoms with E-state index < -0.39 is 11.6 Å². The number of aryl methyl sites for hydroxylation is 3. The molecule has 33 heavy (non-hydrogen) atoms.